The number of carboxylic acid groups (broad SMARTS) is 1. The molecule has 0 aliphatic heterocycles. The molecule has 0 radical (unpaired) electrons. The van der Waals surface area contributed by atoms with Crippen molar-refractivity contribution in [1.82, 2.24) is 0 Å². The van der Waals surface area contributed by atoms with E-state index in [0.29, 0.717) is 27.4 Å². The fraction of sp³-hybridized carbons (Fsp3) is 0.208. The molecule has 7 heteroatoms. The van der Waals surface area contributed by atoms with E-state index in [-0.39, 0.29) is 23.7 Å². The molecule has 0 saturated carbocycles. The Morgan fingerprint density at radius 1 is 0.935 bits per heavy atom. The number of hydrogen-bond donors (Lipinski definition) is 3. The maximum absolute atomic E-state index is 12.7. The standard InChI is InChI=1S/C24H24N2O4S/c1-24(2,3)17-9-7-16(8-10-17)21(29)26-23-19(11-12-31-23)22(30)25-18-6-4-5-15(13-18)14-20(27)28/h4-13H,14H2,1-3H3,(H,25,30)(H,26,29)(H,27,28). The Balaban J connectivity index is 1.71. The molecule has 2 amide bonds. The number of benzene rings is 2. The highest BCUT2D eigenvalue weighted by molar-refractivity contribution is 7.14. The van der Waals surface area contributed by atoms with Gasteiger partial charge in [-0.25, -0.2) is 0 Å². The second-order valence-electron chi connectivity index (χ2n) is 8.17. The summed E-state index contributed by atoms with van der Waals surface area (Å²) in [4.78, 5) is 36.3. The molecule has 6 nitrogen and oxygen atoms in total. The zero-order chi connectivity index (χ0) is 22.6. The number of rotatable bonds is 6. The van der Waals surface area contributed by atoms with E-state index in [9.17, 15) is 14.4 Å². The van der Waals surface area contributed by atoms with Crippen molar-refractivity contribution >= 4 is 39.8 Å². The van der Waals surface area contributed by atoms with Crippen molar-refractivity contribution in [2.24, 2.45) is 0 Å². The van der Waals surface area contributed by atoms with E-state index in [0.717, 1.165) is 5.56 Å². The molecule has 1 aromatic heterocycles. The molecule has 1 heterocycles. The van der Waals surface area contributed by atoms with E-state index in [4.69, 9.17) is 5.11 Å². The van der Waals surface area contributed by atoms with Crippen LogP contribution in [-0.4, -0.2) is 22.9 Å². The summed E-state index contributed by atoms with van der Waals surface area (Å²) in [6.07, 6.45) is -0.128. The van der Waals surface area contributed by atoms with Crippen LogP contribution in [0, 0.1) is 0 Å². The van der Waals surface area contributed by atoms with Crippen molar-refractivity contribution < 1.29 is 19.5 Å². The Labute approximate surface area is 184 Å². The second-order valence-corrected chi connectivity index (χ2v) is 9.09. The van der Waals surface area contributed by atoms with Crippen molar-refractivity contribution in [2.45, 2.75) is 32.6 Å². The van der Waals surface area contributed by atoms with Gasteiger partial charge in [0.15, 0.2) is 0 Å². The monoisotopic (exact) mass is 436 g/mol. The van der Waals surface area contributed by atoms with Gasteiger partial charge in [-0.2, -0.15) is 0 Å². The zero-order valence-corrected chi connectivity index (χ0v) is 18.4. The fourth-order valence-electron chi connectivity index (χ4n) is 3.01. The third-order valence-electron chi connectivity index (χ3n) is 4.69. The average molecular weight is 437 g/mol. The summed E-state index contributed by atoms with van der Waals surface area (Å²) in [5.74, 6) is -1.62. The van der Waals surface area contributed by atoms with Gasteiger partial charge in [0.1, 0.15) is 5.00 Å². The van der Waals surface area contributed by atoms with Crippen LogP contribution < -0.4 is 10.6 Å². The maximum atomic E-state index is 12.7. The molecule has 3 N–H and O–H groups in total. The van der Waals surface area contributed by atoms with Crippen LogP contribution in [0.5, 0.6) is 0 Å². The average Bonchev–Trinajstić information content (AvgIpc) is 3.15. The summed E-state index contributed by atoms with van der Waals surface area (Å²) in [5.41, 5.74) is 3.05. The summed E-state index contributed by atoms with van der Waals surface area (Å²) in [6.45, 7) is 6.32. The van der Waals surface area contributed by atoms with Crippen LogP contribution in [-0.2, 0) is 16.6 Å². The van der Waals surface area contributed by atoms with Gasteiger partial charge in [0.25, 0.3) is 11.8 Å². The smallest absolute Gasteiger partial charge is 0.307 e. The molecule has 160 valence electrons. The van der Waals surface area contributed by atoms with Crippen LogP contribution in [0.25, 0.3) is 0 Å². The van der Waals surface area contributed by atoms with E-state index in [2.05, 4.69) is 31.4 Å². The van der Waals surface area contributed by atoms with Crippen molar-refractivity contribution in [1.29, 1.82) is 0 Å². The number of aliphatic carboxylic acids is 1. The summed E-state index contributed by atoms with van der Waals surface area (Å²) < 4.78 is 0. The number of carbonyl (C=O) groups is 3. The van der Waals surface area contributed by atoms with Gasteiger partial charge in [-0.3, -0.25) is 14.4 Å². The van der Waals surface area contributed by atoms with Gasteiger partial charge >= 0.3 is 5.97 Å². The van der Waals surface area contributed by atoms with Crippen molar-refractivity contribution in [3.05, 3.63) is 82.2 Å². The Morgan fingerprint density at radius 3 is 2.29 bits per heavy atom. The van der Waals surface area contributed by atoms with Gasteiger partial charge in [0.2, 0.25) is 0 Å². The predicted molar refractivity (Wildman–Crippen MR) is 123 cm³/mol. The highest BCUT2D eigenvalue weighted by Crippen LogP contribution is 2.26. The minimum atomic E-state index is -0.943. The Morgan fingerprint density at radius 2 is 1.65 bits per heavy atom. The minimum Gasteiger partial charge on any atom is -0.481 e. The summed E-state index contributed by atoms with van der Waals surface area (Å²) in [7, 11) is 0. The summed E-state index contributed by atoms with van der Waals surface area (Å²) in [5, 5.41) is 16.7. The second kappa shape index (κ2) is 9.14. The molecule has 0 saturated heterocycles. The lowest BCUT2D eigenvalue weighted by molar-refractivity contribution is -0.136. The number of carboxylic acids is 1. The van der Waals surface area contributed by atoms with Crippen LogP contribution in [0.1, 0.15) is 52.6 Å². The van der Waals surface area contributed by atoms with Gasteiger partial charge in [-0.15, -0.1) is 11.3 Å². The lowest BCUT2D eigenvalue weighted by atomic mass is 9.87. The van der Waals surface area contributed by atoms with Gasteiger partial charge < -0.3 is 15.7 Å². The van der Waals surface area contributed by atoms with E-state index in [1.54, 1.807) is 47.8 Å². The fourth-order valence-corrected chi connectivity index (χ4v) is 3.79. The number of amides is 2. The molecule has 0 unspecified atom stereocenters. The van der Waals surface area contributed by atoms with E-state index < -0.39 is 5.97 Å². The maximum Gasteiger partial charge on any atom is 0.307 e. The molecule has 0 spiro atoms. The van der Waals surface area contributed by atoms with Crippen LogP contribution in [0.4, 0.5) is 10.7 Å². The zero-order valence-electron chi connectivity index (χ0n) is 17.6. The molecule has 0 bridgehead atoms. The van der Waals surface area contributed by atoms with Crippen LogP contribution in [0.2, 0.25) is 0 Å². The van der Waals surface area contributed by atoms with Crippen LogP contribution in [0.3, 0.4) is 0 Å². The lowest BCUT2D eigenvalue weighted by Crippen LogP contribution is -2.17. The number of thiophene rings is 1. The van der Waals surface area contributed by atoms with Crippen LogP contribution in [0.15, 0.2) is 60.0 Å². The third kappa shape index (κ3) is 5.79. The first-order valence-electron chi connectivity index (χ1n) is 9.75. The molecule has 0 fully saturated rings. The van der Waals surface area contributed by atoms with E-state index >= 15 is 0 Å². The molecule has 0 atom stereocenters. The highest BCUT2D eigenvalue weighted by Gasteiger charge is 2.18. The largest absolute Gasteiger partial charge is 0.481 e. The predicted octanol–water partition coefficient (Wildman–Crippen LogP) is 5.18. The quantitative estimate of drug-likeness (QED) is 0.496. The molecule has 2 aromatic carbocycles. The molecular weight excluding hydrogens is 412 g/mol. The van der Waals surface area contributed by atoms with Crippen molar-refractivity contribution in [3.63, 3.8) is 0 Å². The normalized spacial score (nSPS) is 11.1. The first kappa shape index (κ1) is 22.2. The topological polar surface area (TPSA) is 95.5 Å². The minimum absolute atomic E-state index is 0.00418. The summed E-state index contributed by atoms with van der Waals surface area (Å²) in [6, 6.07) is 15.7. The first-order valence-corrected chi connectivity index (χ1v) is 10.6. The Kier molecular flexibility index (Phi) is 6.56. The SMILES string of the molecule is CC(C)(C)c1ccc(C(=O)Nc2sccc2C(=O)Nc2cccc(CC(=O)O)c2)cc1. The Hall–Kier alpha value is -3.45. The van der Waals surface area contributed by atoms with Gasteiger partial charge in [0, 0.05) is 11.3 Å². The molecule has 3 aromatic rings. The number of hydrogen-bond acceptors (Lipinski definition) is 4. The van der Waals surface area contributed by atoms with Crippen molar-refractivity contribution in [3.8, 4) is 0 Å². The number of anilines is 2. The van der Waals surface area contributed by atoms with E-state index in [1.165, 1.54) is 11.3 Å². The Bertz CT molecular complexity index is 1110. The van der Waals surface area contributed by atoms with Crippen molar-refractivity contribution in [2.75, 3.05) is 10.6 Å². The van der Waals surface area contributed by atoms with Gasteiger partial charge in [-0.05, 0) is 52.3 Å². The summed E-state index contributed by atoms with van der Waals surface area (Å²) >= 11 is 1.26. The van der Waals surface area contributed by atoms with Crippen LogP contribution >= 0.6 is 11.3 Å². The van der Waals surface area contributed by atoms with Gasteiger partial charge in [0.05, 0.1) is 12.0 Å². The molecule has 0 aliphatic carbocycles. The molecule has 3 rings (SSSR count). The van der Waals surface area contributed by atoms with Gasteiger partial charge in [-0.1, -0.05) is 45.0 Å². The first-order chi connectivity index (χ1) is 14.6. The number of carbonyl (C=O) groups excluding carboxylic acids is 2. The highest BCUT2D eigenvalue weighted by atomic mass is 32.1. The lowest BCUT2D eigenvalue weighted by Gasteiger charge is -2.19. The molecular formula is C24H24N2O4S. The van der Waals surface area contributed by atoms with E-state index in [1.807, 2.05) is 12.1 Å². The molecule has 31 heavy (non-hydrogen) atoms. The number of nitrogens with one attached hydrogen (secondary N) is 2. The molecule has 0 aliphatic rings. The third-order valence-corrected chi connectivity index (χ3v) is 5.52.